The van der Waals surface area contributed by atoms with Crippen molar-refractivity contribution in [1.82, 2.24) is 10.6 Å². The van der Waals surface area contributed by atoms with E-state index in [9.17, 15) is 19.2 Å². The summed E-state index contributed by atoms with van der Waals surface area (Å²) in [7, 11) is 0. The second-order valence-electron chi connectivity index (χ2n) is 8.36. The van der Waals surface area contributed by atoms with Gasteiger partial charge in [-0.15, -0.1) is 0 Å². The van der Waals surface area contributed by atoms with Crippen molar-refractivity contribution in [2.24, 2.45) is 11.5 Å². The Morgan fingerprint density at radius 3 is 2.06 bits per heavy atom. The number of hydrogen-bond acceptors (Lipinski definition) is 5. The number of rotatable bonds is 15. The Hall–Kier alpha value is -3.72. The van der Waals surface area contributed by atoms with E-state index in [0.29, 0.717) is 32.2 Å². The van der Waals surface area contributed by atoms with E-state index in [1.165, 1.54) is 0 Å². The molecule has 0 bridgehead atoms. The molecular formula is C26H34N4O5. The Kier molecular flexibility index (Phi) is 11.4. The molecule has 0 heterocycles. The summed E-state index contributed by atoms with van der Waals surface area (Å²) in [5, 5.41) is 14.2. The lowest BCUT2D eigenvalue weighted by atomic mass is 10.0. The van der Waals surface area contributed by atoms with Crippen molar-refractivity contribution in [3.8, 4) is 11.1 Å². The first-order valence-electron chi connectivity index (χ1n) is 11.8. The number of primary amides is 1. The molecule has 9 heteroatoms. The molecule has 2 aromatic rings. The number of aryl methyl sites for hydroxylation is 1. The van der Waals surface area contributed by atoms with Crippen LogP contribution >= 0.6 is 0 Å². The molecule has 2 atom stereocenters. The standard InChI is InChI=1S/C26H34N4O5/c27-17-5-4-8-21(25(28)34)30-26(35)22(14-16-24(32)33)29-23(31)15-11-18-9-12-20(13-10-18)19-6-2-1-3-7-19/h1-3,6-7,9-10,12-13,21-22H,4-5,8,11,14-17,27H2,(H2,28,34)(H,29,31)(H,30,35)(H,32,33). The van der Waals surface area contributed by atoms with Crippen LogP contribution in [0.2, 0.25) is 0 Å². The van der Waals surface area contributed by atoms with Gasteiger partial charge in [-0.25, -0.2) is 0 Å². The van der Waals surface area contributed by atoms with Gasteiger partial charge in [-0.2, -0.15) is 0 Å². The average Bonchev–Trinajstić information content (AvgIpc) is 2.85. The lowest BCUT2D eigenvalue weighted by Gasteiger charge is -2.21. The summed E-state index contributed by atoms with van der Waals surface area (Å²) < 4.78 is 0. The molecule has 0 aliphatic heterocycles. The number of aliphatic carboxylic acids is 1. The Morgan fingerprint density at radius 2 is 1.46 bits per heavy atom. The number of hydrogen-bond donors (Lipinski definition) is 5. The zero-order valence-corrected chi connectivity index (χ0v) is 19.7. The van der Waals surface area contributed by atoms with Crippen LogP contribution in [0.3, 0.4) is 0 Å². The van der Waals surface area contributed by atoms with E-state index in [1.54, 1.807) is 0 Å². The highest BCUT2D eigenvalue weighted by molar-refractivity contribution is 5.91. The van der Waals surface area contributed by atoms with E-state index in [0.717, 1.165) is 16.7 Å². The molecule has 0 radical (unpaired) electrons. The van der Waals surface area contributed by atoms with E-state index in [-0.39, 0.29) is 25.2 Å². The van der Waals surface area contributed by atoms with Crippen LogP contribution in [-0.2, 0) is 25.6 Å². The Morgan fingerprint density at radius 1 is 0.800 bits per heavy atom. The summed E-state index contributed by atoms with van der Waals surface area (Å²) in [6, 6.07) is 15.8. The van der Waals surface area contributed by atoms with Crippen molar-refractivity contribution in [2.75, 3.05) is 6.54 Å². The zero-order valence-electron chi connectivity index (χ0n) is 19.7. The first kappa shape index (κ1) is 27.5. The molecule has 3 amide bonds. The van der Waals surface area contributed by atoms with Crippen LogP contribution in [0, 0.1) is 0 Å². The number of carboxylic acid groups (broad SMARTS) is 1. The maximum absolute atomic E-state index is 12.7. The van der Waals surface area contributed by atoms with Crippen LogP contribution in [0.1, 0.15) is 44.1 Å². The predicted molar refractivity (Wildman–Crippen MR) is 133 cm³/mol. The quantitative estimate of drug-likeness (QED) is 0.243. The van der Waals surface area contributed by atoms with Gasteiger partial charge in [-0.05, 0) is 55.3 Å². The molecule has 0 saturated heterocycles. The average molecular weight is 483 g/mol. The molecule has 0 aliphatic carbocycles. The SMILES string of the molecule is NCCCCC(NC(=O)C(CCC(=O)O)NC(=O)CCc1ccc(-c2ccccc2)cc1)C(N)=O. The van der Waals surface area contributed by atoms with Gasteiger partial charge in [0.15, 0.2) is 0 Å². The van der Waals surface area contributed by atoms with Gasteiger partial charge in [0, 0.05) is 12.8 Å². The molecule has 0 saturated carbocycles. The minimum atomic E-state index is -1.09. The van der Waals surface area contributed by atoms with Gasteiger partial charge in [0.05, 0.1) is 0 Å². The maximum atomic E-state index is 12.7. The van der Waals surface area contributed by atoms with Crippen molar-refractivity contribution >= 4 is 23.7 Å². The van der Waals surface area contributed by atoms with Crippen molar-refractivity contribution in [2.45, 2.75) is 57.0 Å². The van der Waals surface area contributed by atoms with Crippen LogP contribution in [0.15, 0.2) is 54.6 Å². The summed E-state index contributed by atoms with van der Waals surface area (Å²) in [4.78, 5) is 48.0. The third-order valence-corrected chi connectivity index (χ3v) is 5.61. The first-order chi connectivity index (χ1) is 16.8. The van der Waals surface area contributed by atoms with Crippen LogP contribution in [0.5, 0.6) is 0 Å². The molecule has 0 spiro atoms. The smallest absolute Gasteiger partial charge is 0.303 e. The minimum Gasteiger partial charge on any atom is -0.481 e. The van der Waals surface area contributed by atoms with Crippen molar-refractivity contribution < 1.29 is 24.3 Å². The fourth-order valence-electron chi connectivity index (χ4n) is 3.61. The summed E-state index contributed by atoms with van der Waals surface area (Å²) in [6.45, 7) is 0.450. The molecular weight excluding hydrogens is 448 g/mol. The number of unbranched alkanes of at least 4 members (excludes halogenated alkanes) is 1. The monoisotopic (exact) mass is 482 g/mol. The number of nitrogens with two attached hydrogens (primary N) is 2. The molecule has 35 heavy (non-hydrogen) atoms. The molecule has 2 unspecified atom stereocenters. The summed E-state index contributed by atoms with van der Waals surface area (Å²) in [6.07, 6.45) is 1.75. The fraction of sp³-hybridized carbons (Fsp3) is 0.385. The molecule has 0 aromatic heterocycles. The van der Waals surface area contributed by atoms with Gasteiger partial charge in [0.1, 0.15) is 12.1 Å². The third kappa shape index (κ3) is 9.97. The highest BCUT2D eigenvalue weighted by Gasteiger charge is 2.26. The fourth-order valence-corrected chi connectivity index (χ4v) is 3.61. The van der Waals surface area contributed by atoms with E-state index in [4.69, 9.17) is 16.6 Å². The number of carboxylic acids is 1. The van der Waals surface area contributed by atoms with Gasteiger partial charge in [0.2, 0.25) is 17.7 Å². The van der Waals surface area contributed by atoms with Crippen LogP contribution < -0.4 is 22.1 Å². The number of amides is 3. The summed E-state index contributed by atoms with van der Waals surface area (Å²) >= 11 is 0. The van der Waals surface area contributed by atoms with Gasteiger partial charge in [-0.3, -0.25) is 19.2 Å². The highest BCUT2D eigenvalue weighted by Crippen LogP contribution is 2.19. The molecule has 2 rings (SSSR count). The van der Waals surface area contributed by atoms with Crippen LogP contribution in [-0.4, -0.2) is 47.4 Å². The second kappa shape index (κ2) is 14.5. The molecule has 188 valence electrons. The highest BCUT2D eigenvalue weighted by atomic mass is 16.4. The maximum Gasteiger partial charge on any atom is 0.303 e. The van der Waals surface area contributed by atoms with Crippen LogP contribution in [0.4, 0.5) is 0 Å². The van der Waals surface area contributed by atoms with E-state index < -0.39 is 29.9 Å². The molecule has 0 aliphatic rings. The summed E-state index contributed by atoms with van der Waals surface area (Å²) in [5.41, 5.74) is 14.0. The normalized spacial score (nSPS) is 12.4. The topological polar surface area (TPSA) is 165 Å². The third-order valence-electron chi connectivity index (χ3n) is 5.61. The number of carbonyl (C=O) groups is 4. The number of benzene rings is 2. The Bertz CT molecular complexity index is 979. The van der Waals surface area contributed by atoms with Gasteiger partial charge in [-0.1, -0.05) is 54.6 Å². The van der Waals surface area contributed by atoms with E-state index >= 15 is 0 Å². The summed E-state index contributed by atoms with van der Waals surface area (Å²) in [5.74, 6) is -2.81. The van der Waals surface area contributed by atoms with E-state index in [2.05, 4.69) is 10.6 Å². The molecule has 2 aromatic carbocycles. The van der Waals surface area contributed by atoms with Gasteiger partial charge in [0.25, 0.3) is 0 Å². The first-order valence-corrected chi connectivity index (χ1v) is 11.8. The number of carbonyl (C=O) groups excluding carboxylic acids is 3. The Labute approximate surface area is 205 Å². The van der Waals surface area contributed by atoms with Crippen molar-refractivity contribution in [1.29, 1.82) is 0 Å². The van der Waals surface area contributed by atoms with Crippen LogP contribution in [0.25, 0.3) is 11.1 Å². The lowest BCUT2D eigenvalue weighted by molar-refractivity contribution is -0.138. The Balaban J connectivity index is 1.94. The largest absolute Gasteiger partial charge is 0.481 e. The van der Waals surface area contributed by atoms with Gasteiger partial charge >= 0.3 is 5.97 Å². The molecule has 0 fully saturated rings. The number of nitrogens with one attached hydrogen (secondary N) is 2. The van der Waals surface area contributed by atoms with E-state index in [1.807, 2.05) is 54.6 Å². The second-order valence-corrected chi connectivity index (χ2v) is 8.36. The zero-order chi connectivity index (χ0) is 25.6. The molecule has 9 nitrogen and oxygen atoms in total. The lowest BCUT2D eigenvalue weighted by Crippen LogP contribution is -2.53. The minimum absolute atomic E-state index is 0.104. The van der Waals surface area contributed by atoms with Gasteiger partial charge < -0.3 is 27.2 Å². The van der Waals surface area contributed by atoms with Crippen molar-refractivity contribution in [3.05, 3.63) is 60.2 Å². The predicted octanol–water partition coefficient (Wildman–Crippen LogP) is 1.73. The molecule has 7 N–H and O–H groups in total. The van der Waals surface area contributed by atoms with Crippen molar-refractivity contribution in [3.63, 3.8) is 0 Å².